The molecule has 0 amide bonds. The summed E-state index contributed by atoms with van der Waals surface area (Å²) in [6, 6.07) is 0. The monoisotopic (exact) mass is 216 g/mol. The van der Waals surface area contributed by atoms with E-state index in [1.54, 1.807) is 0 Å². The lowest BCUT2D eigenvalue weighted by atomic mass is 9.93. The lowest BCUT2D eigenvalue weighted by molar-refractivity contribution is -0.142. The van der Waals surface area contributed by atoms with Crippen molar-refractivity contribution in [2.75, 3.05) is 0 Å². The first-order valence-corrected chi connectivity index (χ1v) is 5.58. The standard InChI is InChI=1S/C11H17ClO2/c1-8(12)4-2-5-9-6-3-7-10(9)11(13)14/h2,4,8-10H,3,5-7H2,1H3,(H,13,14). The SMILES string of the molecule is CC(Cl)C=CCC1CCCC1C(=O)O. The van der Waals surface area contributed by atoms with Crippen LogP contribution >= 0.6 is 11.6 Å². The van der Waals surface area contributed by atoms with Gasteiger partial charge >= 0.3 is 5.97 Å². The zero-order valence-electron chi connectivity index (χ0n) is 8.45. The number of carboxylic acid groups (broad SMARTS) is 1. The normalized spacial score (nSPS) is 29.6. The van der Waals surface area contributed by atoms with Gasteiger partial charge in [0.05, 0.1) is 5.92 Å². The second-order valence-corrected chi connectivity index (χ2v) is 4.67. The van der Waals surface area contributed by atoms with Gasteiger partial charge in [0.15, 0.2) is 0 Å². The van der Waals surface area contributed by atoms with E-state index in [1.807, 2.05) is 19.1 Å². The predicted octanol–water partition coefficient (Wildman–Crippen LogP) is 3.06. The van der Waals surface area contributed by atoms with E-state index in [0.717, 1.165) is 25.7 Å². The van der Waals surface area contributed by atoms with E-state index in [0.29, 0.717) is 5.92 Å². The highest BCUT2D eigenvalue weighted by molar-refractivity contribution is 6.21. The van der Waals surface area contributed by atoms with Crippen molar-refractivity contribution < 1.29 is 9.90 Å². The molecule has 14 heavy (non-hydrogen) atoms. The third-order valence-electron chi connectivity index (χ3n) is 2.82. The third kappa shape index (κ3) is 3.33. The summed E-state index contributed by atoms with van der Waals surface area (Å²) in [5.41, 5.74) is 0. The molecular weight excluding hydrogens is 200 g/mol. The Morgan fingerprint density at radius 3 is 2.93 bits per heavy atom. The van der Waals surface area contributed by atoms with Gasteiger partial charge < -0.3 is 5.11 Å². The number of rotatable bonds is 4. The smallest absolute Gasteiger partial charge is 0.306 e. The molecule has 3 atom stereocenters. The lowest BCUT2D eigenvalue weighted by Crippen LogP contribution is -2.17. The Bertz CT molecular complexity index is 223. The summed E-state index contributed by atoms with van der Waals surface area (Å²) in [6.07, 6.45) is 7.73. The largest absolute Gasteiger partial charge is 0.481 e. The summed E-state index contributed by atoms with van der Waals surface area (Å²) in [5.74, 6) is -0.454. The molecule has 3 heteroatoms. The van der Waals surface area contributed by atoms with Crippen LogP contribution in [0.2, 0.25) is 0 Å². The first kappa shape index (κ1) is 11.6. The summed E-state index contributed by atoms with van der Waals surface area (Å²) in [5, 5.41) is 8.98. The number of hydrogen-bond donors (Lipinski definition) is 1. The fourth-order valence-corrected chi connectivity index (χ4v) is 2.19. The summed E-state index contributed by atoms with van der Waals surface area (Å²) in [6.45, 7) is 1.90. The maximum Gasteiger partial charge on any atom is 0.306 e. The van der Waals surface area contributed by atoms with Crippen molar-refractivity contribution in [1.82, 2.24) is 0 Å². The zero-order chi connectivity index (χ0) is 10.6. The Balaban J connectivity index is 2.40. The van der Waals surface area contributed by atoms with Crippen molar-refractivity contribution in [2.24, 2.45) is 11.8 Å². The van der Waals surface area contributed by atoms with Crippen molar-refractivity contribution in [2.45, 2.75) is 38.0 Å². The molecule has 0 spiro atoms. The molecule has 0 aromatic heterocycles. The summed E-state index contributed by atoms with van der Waals surface area (Å²) < 4.78 is 0. The van der Waals surface area contributed by atoms with Crippen LogP contribution in [0.15, 0.2) is 12.2 Å². The molecule has 3 unspecified atom stereocenters. The molecule has 1 rings (SSSR count). The average molecular weight is 217 g/mol. The van der Waals surface area contributed by atoms with Gasteiger partial charge in [-0.1, -0.05) is 18.6 Å². The summed E-state index contributed by atoms with van der Waals surface area (Å²) in [4.78, 5) is 10.9. The van der Waals surface area contributed by atoms with Gasteiger partial charge in [-0.05, 0) is 32.1 Å². The molecule has 0 aromatic rings. The molecule has 80 valence electrons. The maximum absolute atomic E-state index is 10.9. The highest BCUT2D eigenvalue weighted by atomic mass is 35.5. The van der Waals surface area contributed by atoms with E-state index in [1.165, 1.54) is 0 Å². The number of halogens is 1. The molecule has 1 aliphatic carbocycles. The van der Waals surface area contributed by atoms with Gasteiger partial charge in [-0.2, -0.15) is 0 Å². The molecule has 1 fully saturated rings. The van der Waals surface area contributed by atoms with Crippen molar-refractivity contribution in [3.8, 4) is 0 Å². The molecule has 0 bridgehead atoms. The Kier molecular flexibility index (Phi) is 4.46. The second-order valence-electron chi connectivity index (χ2n) is 3.98. The molecule has 0 aliphatic heterocycles. The Hall–Kier alpha value is -0.500. The number of allylic oxidation sites excluding steroid dienone is 2. The van der Waals surface area contributed by atoms with E-state index in [-0.39, 0.29) is 11.3 Å². The molecule has 1 N–H and O–H groups in total. The molecule has 2 nitrogen and oxygen atoms in total. The van der Waals surface area contributed by atoms with E-state index in [9.17, 15) is 4.79 Å². The average Bonchev–Trinajstić information content (AvgIpc) is 2.51. The van der Waals surface area contributed by atoms with Crippen LogP contribution in [0, 0.1) is 11.8 Å². The Morgan fingerprint density at radius 1 is 1.64 bits per heavy atom. The number of carboxylic acids is 1. The van der Waals surface area contributed by atoms with Gasteiger partial charge in [-0.15, -0.1) is 11.6 Å². The highest BCUT2D eigenvalue weighted by Crippen LogP contribution is 2.34. The van der Waals surface area contributed by atoms with Crippen LogP contribution < -0.4 is 0 Å². The molecule has 0 aromatic carbocycles. The van der Waals surface area contributed by atoms with E-state index >= 15 is 0 Å². The van der Waals surface area contributed by atoms with Gasteiger partial charge in [0, 0.05) is 5.38 Å². The van der Waals surface area contributed by atoms with Crippen LogP contribution in [0.1, 0.15) is 32.6 Å². The molecule has 1 saturated carbocycles. The summed E-state index contributed by atoms with van der Waals surface area (Å²) in [7, 11) is 0. The van der Waals surface area contributed by atoms with Gasteiger partial charge in [0.25, 0.3) is 0 Å². The number of alkyl halides is 1. The van der Waals surface area contributed by atoms with E-state index in [4.69, 9.17) is 16.7 Å². The van der Waals surface area contributed by atoms with Crippen LogP contribution in [-0.2, 0) is 4.79 Å². The van der Waals surface area contributed by atoms with Crippen LogP contribution in [0.5, 0.6) is 0 Å². The zero-order valence-corrected chi connectivity index (χ0v) is 9.20. The quantitative estimate of drug-likeness (QED) is 0.579. The molecule has 1 aliphatic rings. The number of carbonyl (C=O) groups is 1. The highest BCUT2D eigenvalue weighted by Gasteiger charge is 2.31. The molecule has 0 radical (unpaired) electrons. The fourth-order valence-electron chi connectivity index (χ4n) is 2.08. The minimum absolute atomic E-state index is 0.0414. The second kappa shape index (κ2) is 5.40. The van der Waals surface area contributed by atoms with Crippen molar-refractivity contribution in [3.63, 3.8) is 0 Å². The third-order valence-corrected chi connectivity index (χ3v) is 2.96. The van der Waals surface area contributed by atoms with Crippen LogP contribution in [0.25, 0.3) is 0 Å². The molecular formula is C11H17ClO2. The summed E-state index contributed by atoms with van der Waals surface area (Å²) >= 11 is 5.76. The van der Waals surface area contributed by atoms with E-state index in [2.05, 4.69) is 0 Å². The van der Waals surface area contributed by atoms with Crippen LogP contribution in [-0.4, -0.2) is 16.5 Å². The van der Waals surface area contributed by atoms with Crippen molar-refractivity contribution in [3.05, 3.63) is 12.2 Å². The van der Waals surface area contributed by atoms with Crippen molar-refractivity contribution in [1.29, 1.82) is 0 Å². The van der Waals surface area contributed by atoms with Gasteiger partial charge in [0.1, 0.15) is 0 Å². The minimum atomic E-state index is -0.639. The fraction of sp³-hybridized carbons (Fsp3) is 0.727. The lowest BCUT2D eigenvalue weighted by Gasteiger charge is -2.12. The van der Waals surface area contributed by atoms with Crippen molar-refractivity contribution >= 4 is 17.6 Å². The van der Waals surface area contributed by atoms with Gasteiger partial charge in [-0.3, -0.25) is 4.79 Å². The van der Waals surface area contributed by atoms with Gasteiger partial charge in [0.2, 0.25) is 0 Å². The maximum atomic E-state index is 10.9. The number of aliphatic carboxylic acids is 1. The predicted molar refractivity (Wildman–Crippen MR) is 57.5 cm³/mol. The topological polar surface area (TPSA) is 37.3 Å². The first-order chi connectivity index (χ1) is 6.61. The number of hydrogen-bond acceptors (Lipinski definition) is 1. The first-order valence-electron chi connectivity index (χ1n) is 5.14. The minimum Gasteiger partial charge on any atom is -0.481 e. The molecule has 0 heterocycles. The van der Waals surface area contributed by atoms with Crippen LogP contribution in [0.4, 0.5) is 0 Å². The van der Waals surface area contributed by atoms with Gasteiger partial charge in [-0.25, -0.2) is 0 Å². The van der Waals surface area contributed by atoms with Crippen LogP contribution in [0.3, 0.4) is 0 Å². The Labute approximate surface area is 90.0 Å². The van der Waals surface area contributed by atoms with E-state index < -0.39 is 5.97 Å². The Morgan fingerprint density at radius 2 is 2.36 bits per heavy atom. The molecule has 0 saturated heterocycles.